The van der Waals surface area contributed by atoms with E-state index in [4.69, 9.17) is 0 Å². The number of aromatic nitrogens is 3. The van der Waals surface area contributed by atoms with Crippen molar-refractivity contribution in [1.82, 2.24) is 20.4 Å². The molecule has 0 aliphatic carbocycles. The number of nitrogens with one attached hydrogen (secondary N) is 2. The molecule has 1 unspecified atom stereocenters. The first kappa shape index (κ1) is 15.7. The summed E-state index contributed by atoms with van der Waals surface area (Å²) in [6, 6.07) is 1.33. The lowest BCUT2D eigenvalue weighted by Crippen LogP contribution is -2.32. The zero-order valence-electron chi connectivity index (χ0n) is 11.7. The highest BCUT2D eigenvalue weighted by atomic mass is 19.4. The highest BCUT2D eigenvalue weighted by Crippen LogP contribution is 2.31. The van der Waals surface area contributed by atoms with Gasteiger partial charge in [-0.2, -0.15) is 18.2 Å². The number of nitrogens with zero attached hydrogens (tertiary/aromatic N) is 2. The standard InChI is InChI=1S/C13H12F4N4O2/c14-12(2-4-18-6-12)5-8-7(1-3-19-10(8)22)9-20-11(23-21-9)13(15,16)17/h1,3,18H,2,4-6H2,(H,19,22). The lowest BCUT2D eigenvalue weighted by molar-refractivity contribution is -0.159. The minimum absolute atomic E-state index is 0.00627. The number of hydrogen-bond donors (Lipinski definition) is 2. The predicted molar refractivity (Wildman–Crippen MR) is 70.4 cm³/mol. The molecule has 10 heteroatoms. The maximum absolute atomic E-state index is 14.6. The van der Waals surface area contributed by atoms with Crippen LogP contribution < -0.4 is 10.9 Å². The van der Waals surface area contributed by atoms with Crippen molar-refractivity contribution in [3.8, 4) is 11.4 Å². The Labute approximate surface area is 126 Å². The number of H-pyrrole nitrogens is 1. The minimum Gasteiger partial charge on any atom is -0.329 e. The average molecular weight is 332 g/mol. The first-order chi connectivity index (χ1) is 10.8. The van der Waals surface area contributed by atoms with Crippen molar-refractivity contribution in [3.05, 3.63) is 34.1 Å². The molecule has 1 fully saturated rings. The van der Waals surface area contributed by atoms with Crippen molar-refractivity contribution in [2.24, 2.45) is 0 Å². The average Bonchev–Trinajstić information content (AvgIpc) is 3.10. The number of alkyl halides is 4. The van der Waals surface area contributed by atoms with Crippen molar-refractivity contribution >= 4 is 0 Å². The predicted octanol–water partition coefficient (Wildman–Crippen LogP) is 1.69. The van der Waals surface area contributed by atoms with Crippen molar-refractivity contribution in [2.75, 3.05) is 13.1 Å². The quantitative estimate of drug-likeness (QED) is 0.836. The number of aromatic amines is 1. The summed E-state index contributed by atoms with van der Waals surface area (Å²) in [5, 5.41) is 6.11. The number of hydrogen-bond acceptors (Lipinski definition) is 5. The molecule has 3 heterocycles. The topological polar surface area (TPSA) is 83.8 Å². The summed E-state index contributed by atoms with van der Waals surface area (Å²) in [4.78, 5) is 17.6. The van der Waals surface area contributed by atoms with Gasteiger partial charge in [-0.3, -0.25) is 4.79 Å². The molecule has 2 N–H and O–H groups in total. The molecule has 3 rings (SSSR count). The number of halogens is 4. The Bertz CT molecular complexity index is 762. The molecule has 2 aromatic heterocycles. The van der Waals surface area contributed by atoms with Crippen LogP contribution >= 0.6 is 0 Å². The molecular weight excluding hydrogens is 320 g/mol. The van der Waals surface area contributed by atoms with E-state index in [1.807, 2.05) is 0 Å². The lowest BCUT2D eigenvalue weighted by atomic mass is 9.93. The molecule has 6 nitrogen and oxygen atoms in total. The summed E-state index contributed by atoms with van der Waals surface area (Å²) in [7, 11) is 0. The molecule has 1 saturated heterocycles. The van der Waals surface area contributed by atoms with Gasteiger partial charge in [0.2, 0.25) is 5.82 Å². The summed E-state index contributed by atoms with van der Waals surface area (Å²) >= 11 is 0. The third kappa shape index (κ3) is 3.11. The van der Waals surface area contributed by atoms with E-state index in [-0.39, 0.29) is 30.5 Å². The van der Waals surface area contributed by atoms with E-state index in [1.165, 1.54) is 12.3 Å². The summed E-state index contributed by atoms with van der Waals surface area (Å²) in [6.07, 6.45) is -3.59. The van der Waals surface area contributed by atoms with Crippen molar-refractivity contribution in [3.63, 3.8) is 0 Å². The van der Waals surface area contributed by atoms with Crippen molar-refractivity contribution in [1.29, 1.82) is 0 Å². The fraction of sp³-hybridized carbons (Fsp3) is 0.462. The van der Waals surface area contributed by atoms with Crippen LogP contribution in [0.4, 0.5) is 17.6 Å². The van der Waals surface area contributed by atoms with Crippen molar-refractivity contribution < 1.29 is 22.1 Å². The largest absolute Gasteiger partial charge is 0.471 e. The molecular formula is C13H12F4N4O2. The van der Waals surface area contributed by atoms with Crippen LogP contribution in [0.1, 0.15) is 17.9 Å². The molecule has 0 amide bonds. The van der Waals surface area contributed by atoms with E-state index >= 15 is 0 Å². The van der Waals surface area contributed by atoms with Gasteiger partial charge in [-0.05, 0) is 19.0 Å². The summed E-state index contributed by atoms with van der Waals surface area (Å²) in [5.41, 5.74) is -2.21. The van der Waals surface area contributed by atoms with Crippen LogP contribution in [0.3, 0.4) is 0 Å². The highest BCUT2D eigenvalue weighted by molar-refractivity contribution is 5.59. The van der Waals surface area contributed by atoms with Gasteiger partial charge in [0.15, 0.2) is 0 Å². The zero-order chi connectivity index (χ0) is 16.7. The van der Waals surface area contributed by atoms with Crippen LogP contribution in [0.5, 0.6) is 0 Å². The maximum Gasteiger partial charge on any atom is 0.471 e. The Kier molecular flexibility index (Phi) is 3.71. The van der Waals surface area contributed by atoms with E-state index in [0.717, 1.165) is 0 Å². The second-order valence-corrected chi connectivity index (χ2v) is 5.37. The van der Waals surface area contributed by atoms with Gasteiger partial charge in [-0.15, -0.1) is 0 Å². The van der Waals surface area contributed by atoms with E-state index in [2.05, 4.69) is 25.0 Å². The van der Waals surface area contributed by atoms with Crippen LogP contribution in [0, 0.1) is 0 Å². The lowest BCUT2D eigenvalue weighted by Gasteiger charge is -2.18. The van der Waals surface area contributed by atoms with Gasteiger partial charge < -0.3 is 14.8 Å². The Hall–Kier alpha value is -2.23. The Morgan fingerprint density at radius 1 is 1.39 bits per heavy atom. The third-order valence-electron chi connectivity index (χ3n) is 3.66. The van der Waals surface area contributed by atoms with Crippen molar-refractivity contribution in [2.45, 2.75) is 24.7 Å². The van der Waals surface area contributed by atoms with E-state index in [1.54, 1.807) is 0 Å². The monoisotopic (exact) mass is 332 g/mol. The molecule has 2 aromatic rings. The molecule has 1 aliphatic rings. The molecule has 1 atom stereocenters. The third-order valence-corrected chi connectivity index (χ3v) is 3.66. The Morgan fingerprint density at radius 2 is 2.17 bits per heavy atom. The normalized spacial score (nSPS) is 21.7. The Morgan fingerprint density at radius 3 is 2.78 bits per heavy atom. The van der Waals surface area contributed by atoms with Gasteiger partial charge in [-0.1, -0.05) is 5.16 Å². The molecule has 0 radical (unpaired) electrons. The zero-order valence-corrected chi connectivity index (χ0v) is 11.7. The molecule has 0 spiro atoms. The van der Waals surface area contributed by atoms with Crippen LogP contribution in [-0.2, 0) is 12.6 Å². The van der Waals surface area contributed by atoms with Gasteiger partial charge in [0.1, 0.15) is 5.67 Å². The van der Waals surface area contributed by atoms with E-state index < -0.39 is 29.1 Å². The van der Waals surface area contributed by atoms with E-state index in [0.29, 0.717) is 6.54 Å². The molecule has 0 bridgehead atoms. The highest BCUT2D eigenvalue weighted by Gasteiger charge is 2.39. The van der Waals surface area contributed by atoms with Gasteiger partial charge in [0, 0.05) is 30.3 Å². The molecule has 1 aliphatic heterocycles. The van der Waals surface area contributed by atoms with Gasteiger partial charge in [-0.25, -0.2) is 4.39 Å². The summed E-state index contributed by atoms with van der Waals surface area (Å²) < 4.78 is 56.4. The van der Waals surface area contributed by atoms with Gasteiger partial charge >= 0.3 is 12.1 Å². The minimum atomic E-state index is -4.79. The number of pyridine rings is 1. The summed E-state index contributed by atoms with van der Waals surface area (Å²) in [6.45, 7) is 0.540. The fourth-order valence-electron chi connectivity index (χ4n) is 2.52. The second kappa shape index (κ2) is 5.44. The SMILES string of the molecule is O=c1[nH]ccc(-c2noc(C(F)(F)F)n2)c1CC1(F)CCNC1. The molecule has 124 valence electrons. The molecule has 23 heavy (non-hydrogen) atoms. The smallest absolute Gasteiger partial charge is 0.329 e. The van der Waals surface area contributed by atoms with Crippen LogP contribution in [0.15, 0.2) is 21.6 Å². The first-order valence-electron chi connectivity index (χ1n) is 6.80. The van der Waals surface area contributed by atoms with E-state index in [9.17, 15) is 22.4 Å². The fourth-order valence-corrected chi connectivity index (χ4v) is 2.52. The number of rotatable bonds is 3. The van der Waals surface area contributed by atoms with Gasteiger partial charge in [0.25, 0.3) is 5.56 Å². The van der Waals surface area contributed by atoms with Crippen LogP contribution in [-0.4, -0.2) is 33.9 Å². The molecule has 0 saturated carbocycles. The second-order valence-electron chi connectivity index (χ2n) is 5.37. The van der Waals surface area contributed by atoms with Crippen LogP contribution in [0.25, 0.3) is 11.4 Å². The summed E-state index contributed by atoms with van der Waals surface area (Å²) in [5.74, 6) is -1.91. The first-order valence-corrected chi connectivity index (χ1v) is 6.80. The molecule has 0 aromatic carbocycles. The van der Waals surface area contributed by atoms with Gasteiger partial charge in [0.05, 0.1) is 0 Å². The maximum atomic E-state index is 14.6. The van der Waals surface area contributed by atoms with Crippen LogP contribution in [0.2, 0.25) is 0 Å². The Balaban J connectivity index is 2.01.